The first-order chi connectivity index (χ1) is 13.8. The zero-order valence-electron chi connectivity index (χ0n) is 14.9. The normalized spacial score (nSPS) is 11.2. The molecule has 0 aliphatic carbocycles. The Kier molecular flexibility index (Phi) is 4.38. The van der Waals surface area contributed by atoms with E-state index in [1.54, 1.807) is 17.7 Å². The van der Waals surface area contributed by atoms with Gasteiger partial charge in [0.1, 0.15) is 16.2 Å². The number of thiophene rings is 1. The first kappa shape index (κ1) is 17.1. The lowest BCUT2D eigenvalue weighted by Gasteiger charge is -1.97. The second-order valence-corrected chi connectivity index (χ2v) is 8.19. The van der Waals surface area contributed by atoms with Crippen molar-refractivity contribution in [2.75, 3.05) is 0 Å². The number of aromatic nitrogens is 4. The number of fused-ring (bicyclic) bond motifs is 1. The molecule has 0 aliphatic rings. The van der Waals surface area contributed by atoms with Gasteiger partial charge in [-0.25, -0.2) is 9.97 Å². The van der Waals surface area contributed by atoms with Crippen LogP contribution in [0.5, 0.6) is 0 Å². The van der Waals surface area contributed by atoms with E-state index in [2.05, 4.69) is 38.4 Å². The molecule has 5 rings (SSSR count). The summed E-state index contributed by atoms with van der Waals surface area (Å²) >= 11 is 3.01. The maximum atomic E-state index is 5.84. The highest BCUT2D eigenvalue weighted by Gasteiger charge is 2.15. The summed E-state index contributed by atoms with van der Waals surface area (Å²) in [7, 11) is 0. The van der Waals surface area contributed by atoms with Crippen molar-refractivity contribution in [1.82, 2.24) is 20.2 Å². The van der Waals surface area contributed by atoms with Crippen molar-refractivity contribution in [3.8, 4) is 21.9 Å². The van der Waals surface area contributed by atoms with E-state index >= 15 is 0 Å². The van der Waals surface area contributed by atoms with E-state index in [1.807, 2.05) is 49.4 Å². The molecule has 0 saturated heterocycles. The Morgan fingerprint density at radius 3 is 2.54 bits per heavy atom. The van der Waals surface area contributed by atoms with Gasteiger partial charge in [-0.15, -0.1) is 21.5 Å². The average Bonchev–Trinajstić information content (AvgIpc) is 3.37. The summed E-state index contributed by atoms with van der Waals surface area (Å²) in [5, 5.41) is 10.6. The molecule has 5 nitrogen and oxygen atoms in total. The van der Waals surface area contributed by atoms with Crippen molar-refractivity contribution in [3.05, 3.63) is 72.6 Å². The van der Waals surface area contributed by atoms with Crippen LogP contribution in [0.1, 0.15) is 5.56 Å². The van der Waals surface area contributed by atoms with Crippen LogP contribution in [0.3, 0.4) is 0 Å². The standard InChI is InChI=1S/C21H14N4OS2/c1-13-7-9-15(10-8-13)18-24-25-21(26-18)28-20-16-11-17(14-5-3-2-4-6-14)27-19(16)22-12-23-20/h2-12H,1H3. The molecule has 0 spiro atoms. The highest BCUT2D eigenvalue weighted by atomic mass is 32.2. The van der Waals surface area contributed by atoms with Crippen molar-refractivity contribution in [3.63, 3.8) is 0 Å². The highest BCUT2D eigenvalue weighted by molar-refractivity contribution is 7.99. The summed E-state index contributed by atoms with van der Waals surface area (Å²) in [5.41, 5.74) is 3.26. The molecule has 0 unspecified atom stereocenters. The molecule has 3 heterocycles. The quantitative estimate of drug-likeness (QED) is 0.350. The molecule has 5 aromatic rings. The minimum Gasteiger partial charge on any atom is -0.411 e. The van der Waals surface area contributed by atoms with Gasteiger partial charge >= 0.3 is 0 Å². The van der Waals surface area contributed by atoms with Crippen LogP contribution in [0.25, 0.3) is 32.1 Å². The van der Waals surface area contributed by atoms with Crippen LogP contribution in [0.15, 0.2) is 81.7 Å². The molecule has 0 atom stereocenters. The SMILES string of the molecule is Cc1ccc(-c2nnc(Sc3ncnc4sc(-c5ccccc5)cc34)o2)cc1. The summed E-state index contributed by atoms with van der Waals surface area (Å²) in [6, 6.07) is 20.4. The van der Waals surface area contributed by atoms with Gasteiger partial charge in [-0.1, -0.05) is 48.0 Å². The molecule has 0 saturated carbocycles. The van der Waals surface area contributed by atoms with Gasteiger partial charge in [-0.3, -0.25) is 0 Å². The fourth-order valence-electron chi connectivity index (χ4n) is 2.81. The second kappa shape index (κ2) is 7.18. The summed E-state index contributed by atoms with van der Waals surface area (Å²) in [4.78, 5) is 10.9. The van der Waals surface area contributed by atoms with Crippen LogP contribution < -0.4 is 0 Å². The number of rotatable bonds is 4. The maximum absolute atomic E-state index is 5.84. The van der Waals surface area contributed by atoms with Crippen LogP contribution in [0.4, 0.5) is 0 Å². The zero-order chi connectivity index (χ0) is 18.9. The predicted octanol–water partition coefficient (Wildman–Crippen LogP) is 5.87. The van der Waals surface area contributed by atoms with E-state index in [4.69, 9.17) is 4.42 Å². The van der Waals surface area contributed by atoms with Gasteiger partial charge in [0.15, 0.2) is 0 Å². The highest BCUT2D eigenvalue weighted by Crippen LogP contribution is 2.38. The van der Waals surface area contributed by atoms with Gasteiger partial charge < -0.3 is 4.42 Å². The van der Waals surface area contributed by atoms with Crippen LogP contribution in [-0.2, 0) is 0 Å². The first-order valence-electron chi connectivity index (χ1n) is 8.64. The molecule has 0 amide bonds. The largest absolute Gasteiger partial charge is 0.411 e. The maximum Gasteiger partial charge on any atom is 0.283 e. The predicted molar refractivity (Wildman–Crippen MR) is 111 cm³/mol. The monoisotopic (exact) mass is 402 g/mol. The van der Waals surface area contributed by atoms with Gasteiger partial charge in [0.05, 0.1) is 0 Å². The average molecular weight is 403 g/mol. The first-order valence-corrected chi connectivity index (χ1v) is 10.3. The van der Waals surface area contributed by atoms with Crippen LogP contribution in [-0.4, -0.2) is 20.2 Å². The minimum atomic E-state index is 0.461. The number of hydrogen-bond acceptors (Lipinski definition) is 7. The molecule has 0 N–H and O–H groups in total. The van der Waals surface area contributed by atoms with E-state index in [-0.39, 0.29) is 0 Å². The third-order valence-electron chi connectivity index (χ3n) is 4.24. The zero-order valence-corrected chi connectivity index (χ0v) is 16.5. The fourth-order valence-corrected chi connectivity index (χ4v) is 4.61. The van der Waals surface area contributed by atoms with Crippen LogP contribution in [0, 0.1) is 6.92 Å². The Labute approximate surface area is 169 Å². The van der Waals surface area contributed by atoms with E-state index in [0.29, 0.717) is 11.1 Å². The van der Waals surface area contributed by atoms with Gasteiger partial charge in [0, 0.05) is 15.8 Å². The lowest BCUT2D eigenvalue weighted by atomic mass is 10.1. The summed E-state index contributed by atoms with van der Waals surface area (Å²) < 4.78 is 5.84. The number of aryl methyl sites for hydroxylation is 1. The Hall–Kier alpha value is -3.03. The second-order valence-electron chi connectivity index (χ2n) is 6.22. The molecule has 3 aromatic heterocycles. The number of hydrogen-bond donors (Lipinski definition) is 0. The van der Waals surface area contributed by atoms with E-state index in [1.165, 1.54) is 22.9 Å². The van der Waals surface area contributed by atoms with Gasteiger partial charge in [0.25, 0.3) is 5.22 Å². The van der Waals surface area contributed by atoms with Crippen LogP contribution >= 0.6 is 23.1 Å². The Morgan fingerprint density at radius 2 is 1.71 bits per heavy atom. The smallest absolute Gasteiger partial charge is 0.283 e. The fraction of sp³-hybridized carbons (Fsp3) is 0.0476. The van der Waals surface area contributed by atoms with E-state index in [0.717, 1.165) is 25.7 Å². The van der Waals surface area contributed by atoms with Crippen molar-refractivity contribution in [2.45, 2.75) is 17.2 Å². The van der Waals surface area contributed by atoms with Crippen LogP contribution in [0.2, 0.25) is 0 Å². The minimum absolute atomic E-state index is 0.461. The molecule has 7 heteroatoms. The lowest BCUT2D eigenvalue weighted by molar-refractivity contribution is 0.465. The summed E-state index contributed by atoms with van der Waals surface area (Å²) in [6.45, 7) is 2.05. The molecular formula is C21H14N4OS2. The van der Waals surface area contributed by atoms with Crippen molar-refractivity contribution < 1.29 is 4.42 Å². The third kappa shape index (κ3) is 3.30. The van der Waals surface area contributed by atoms with Crippen molar-refractivity contribution in [2.24, 2.45) is 0 Å². The Bertz CT molecular complexity index is 1250. The molecule has 2 aromatic carbocycles. The van der Waals surface area contributed by atoms with Gasteiger partial charge in [-0.2, -0.15) is 0 Å². The van der Waals surface area contributed by atoms with E-state index < -0.39 is 0 Å². The number of benzene rings is 2. The van der Waals surface area contributed by atoms with Crippen molar-refractivity contribution >= 4 is 33.3 Å². The van der Waals surface area contributed by atoms with Crippen molar-refractivity contribution in [1.29, 1.82) is 0 Å². The molecular weight excluding hydrogens is 388 g/mol. The molecule has 0 aliphatic heterocycles. The number of nitrogens with zero attached hydrogens (tertiary/aromatic N) is 4. The molecule has 0 fully saturated rings. The third-order valence-corrected chi connectivity index (χ3v) is 6.19. The lowest BCUT2D eigenvalue weighted by Crippen LogP contribution is -1.83. The molecule has 28 heavy (non-hydrogen) atoms. The molecule has 0 radical (unpaired) electrons. The van der Waals surface area contributed by atoms with Gasteiger partial charge in [0.2, 0.25) is 5.89 Å². The molecule has 0 bridgehead atoms. The summed E-state index contributed by atoms with van der Waals surface area (Å²) in [5.74, 6) is 0.503. The molecule has 136 valence electrons. The summed E-state index contributed by atoms with van der Waals surface area (Å²) in [6.07, 6.45) is 1.58. The Morgan fingerprint density at radius 1 is 0.893 bits per heavy atom. The topological polar surface area (TPSA) is 64.7 Å². The van der Waals surface area contributed by atoms with E-state index in [9.17, 15) is 0 Å². The Balaban J connectivity index is 1.47. The van der Waals surface area contributed by atoms with Gasteiger partial charge in [-0.05, 0) is 42.4 Å².